The van der Waals surface area contributed by atoms with Crippen LogP contribution in [0.3, 0.4) is 0 Å². The summed E-state index contributed by atoms with van der Waals surface area (Å²) in [6.07, 6.45) is 5.75. The molecule has 1 atom stereocenters. The second-order valence-electron chi connectivity index (χ2n) is 15.6. The summed E-state index contributed by atoms with van der Waals surface area (Å²) in [5, 5.41) is 1.39. The molecule has 0 amide bonds. The molecule has 1 aliphatic carbocycles. The first-order valence-electron chi connectivity index (χ1n) is 20.9. The van der Waals surface area contributed by atoms with E-state index < -0.39 is 0 Å². The maximum Gasteiger partial charge on any atom is 0.0540 e. The molecule has 9 aromatic rings. The van der Waals surface area contributed by atoms with Gasteiger partial charge in [-0.2, -0.15) is 0 Å². The van der Waals surface area contributed by atoms with Crippen molar-refractivity contribution in [3.63, 3.8) is 0 Å². The van der Waals surface area contributed by atoms with Crippen molar-refractivity contribution in [1.82, 2.24) is 4.57 Å². The minimum absolute atomic E-state index is 0.470. The van der Waals surface area contributed by atoms with Crippen molar-refractivity contribution in [2.45, 2.75) is 32.7 Å². The van der Waals surface area contributed by atoms with Gasteiger partial charge in [0.2, 0.25) is 0 Å². The van der Waals surface area contributed by atoms with E-state index in [2.05, 4.69) is 236 Å². The maximum atomic E-state index is 2.49. The molecule has 0 radical (unpaired) electrons. The van der Waals surface area contributed by atoms with Crippen molar-refractivity contribution in [2.75, 3.05) is 4.90 Å². The molecule has 8 aromatic carbocycles. The van der Waals surface area contributed by atoms with Gasteiger partial charge in [0.05, 0.1) is 5.69 Å². The number of para-hydroxylation sites is 1. The molecule has 0 aliphatic heterocycles. The molecule has 1 aromatic heterocycles. The number of benzene rings is 8. The van der Waals surface area contributed by atoms with Crippen LogP contribution < -0.4 is 4.90 Å². The summed E-state index contributed by atoms with van der Waals surface area (Å²) in [5.41, 5.74) is 19.6. The van der Waals surface area contributed by atoms with E-state index >= 15 is 0 Å². The molecular weight excluding hydrogens is 713 g/mol. The summed E-state index contributed by atoms with van der Waals surface area (Å²) in [6.45, 7) is 5.58. The predicted octanol–water partition coefficient (Wildman–Crippen LogP) is 16.0. The first kappa shape index (κ1) is 36.2. The van der Waals surface area contributed by atoms with Crippen LogP contribution in [0, 0.1) is 0 Å². The zero-order valence-corrected chi connectivity index (χ0v) is 33.6. The van der Waals surface area contributed by atoms with Crippen molar-refractivity contribution in [2.24, 2.45) is 0 Å². The van der Waals surface area contributed by atoms with Crippen molar-refractivity contribution < 1.29 is 0 Å². The van der Waals surface area contributed by atoms with Crippen molar-refractivity contribution in [3.05, 3.63) is 218 Å². The zero-order chi connectivity index (χ0) is 39.7. The number of aryl methyl sites for hydroxylation is 1. The number of hydrogen-bond acceptors (Lipinski definition) is 1. The molecule has 0 saturated carbocycles. The molecule has 284 valence electrons. The molecule has 0 bridgehead atoms. The molecule has 2 nitrogen and oxygen atoms in total. The van der Waals surface area contributed by atoms with Crippen molar-refractivity contribution in [1.29, 1.82) is 0 Å². The van der Waals surface area contributed by atoms with E-state index in [1.54, 1.807) is 0 Å². The van der Waals surface area contributed by atoms with Gasteiger partial charge in [0.15, 0.2) is 0 Å². The molecule has 1 unspecified atom stereocenters. The first-order valence-corrected chi connectivity index (χ1v) is 20.9. The van der Waals surface area contributed by atoms with Crippen LogP contribution in [0.5, 0.6) is 0 Å². The Bertz CT molecular complexity index is 2920. The summed E-state index contributed by atoms with van der Waals surface area (Å²) in [6, 6.07) is 72.9. The van der Waals surface area contributed by atoms with E-state index in [1.165, 1.54) is 77.8 Å². The summed E-state index contributed by atoms with van der Waals surface area (Å²) in [7, 11) is 0. The van der Waals surface area contributed by atoms with Gasteiger partial charge in [0.1, 0.15) is 0 Å². The SMILES string of the molecule is CCn1c2c(c3c(-c4cccc(-c5ccccc5N(c5ccc(-c6ccccc6)cc5)c5ccc(-c6ccc(-c7ccccc7)cc6)cc5)c4)cccc31)C(C)CC=C2. The third-order valence-electron chi connectivity index (χ3n) is 12.1. The largest absolute Gasteiger partial charge is 0.341 e. The highest BCUT2D eigenvalue weighted by molar-refractivity contribution is 6.02. The molecule has 0 saturated heterocycles. The molecule has 2 heteroatoms. The van der Waals surface area contributed by atoms with Gasteiger partial charge in [-0.1, -0.05) is 171 Å². The van der Waals surface area contributed by atoms with E-state index in [-0.39, 0.29) is 0 Å². The average Bonchev–Trinajstić information content (AvgIpc) is 3.65. The lowest BCUT2D eigenvalue weighted by Gasteiger charge is -2.28. The lowest BCUT2D eigenvalue weighted by Crippen LogP contribution is -2.11. The summed E-state index contributed by atoms with van der Waals surface area (Å²) >= 11 is 0. The highest BCUT2D eigenvalue weighted by Gasteiger charge is 2.24. The van der Waals surface area contributed by atoms with Gasteiger partial charge in [-0.15, -0.1) is 0 Å². The average molecular weight is 759 g/mol. The van der Waals surface area contributed by atoms with E-state index in [0.29, 0.717) is 5.92 Å². The summed E-state index contributed by atoms with van der Waals surface area (Å²) in [5.74, 6) is 0.470. The highest BCUT2D eigenvalue weighted by Crippen LogP contribution is 2.45. The smallest absolute Gasteiger partial charge is 0.0540 e. The Labute approximate surface area is 348 Å². The van der Waals surface area contributed by atoms with Gasteiger partial charge in [-0.3, -0.25) is 0 Å². The van der Waals surface area contributed by atoms with Crippen LogP contribution >= 0.6 is 0 Å². The number of anilines is 3. The van der Waals surface area contributed by atoms with Crippen LogP contribution in [0.2, 0.25) is 0 Å². The molecule has 0 N–H and O–H groups in total. The number of nitrogens with zero attached hydrogens (tertiary/aromatic N) is 2. The monoisotopic (exact) mass is 758 g/mol. The lowest BCUT2D eigenvalue weighted by molar-refractivity contribution is 0.736. The summed E-state index contributed by atoms with van der Waals surface area (Å²) < 4.78 is 2.49. The Morgan fingerprint density at radius 2 is 0.932 bits per heavy atom. The van der Waals surface area contributed by atoms with Gasteiger partial charge in [0, 0.05) is 40.1 Å². The van der Waals surface area contributed by atoms with Crippen molar-refractivity contribution in [3.8, 4) is 55.6 Å². The lowest BCUT2D eigenvalue weighted by atomic mass is 9.87. The van der Waals surface area contributed by atoms with Gasteiger partial charge >= 0.3 is 0 Å². The normalized spacial score (nSPS) is 13.4. The molecule has 1 aliphatic rings. The van der Waals surface area contributed by atoms with E-state index in [4.69, 9.17) is 0 Å². The topological polar surface area (TPSA) is 8.17 Å². The Morgan fingerprint density at radius 3 is 1.51 bits per heavy atom. The highest BCUT2D eigenvalue weighted by atomic mass is 15.1. The number of allylic oxidation sites excluding steroid dienone is 1. The van der Waals surface area contributed by atoms with Crippen LogP contribution in [0.4, 0.5) is 17.1 Å². The number of rotatable bonds is 9. The van der Waals surface area contributed by atoms with Gasteiger partial charge in [-0.25, -0.2) is 0 Å². The van der Waals surface area contributed by atoms with Crippen LogP contribution in [0.25, 0.3) is 72.6 Å². The van der Waals surface area contributed by atoms with Gasteiger partial charge in [0.25, 0.3) is 0 Å². The van der Waals surface area contributed by atoms with Gasteiger partial charge < -0.3 is 9.47 Å². The third-order valence-corrected chi connectivity index (χ3v) is 12.1. The molecular formula is C57H46N2. The van der Waals surface area contributed by atoms with E-state index in [1.807, 2.05) is 0 Å². The number of hydrogen-bond donors (Lipinski definition) is 0. The molecule has 0 fully saturated rings. The fraction of sp³-hybridized carbons (Fsp3) is 0.0877. The Hall–Kier alpha value is -7.16. The first-order chi connectivity index (χ1) is 29.1. The third kappa shape index (κ3) is 6.77. The Morgan fingerprint density at radius 1 is 0.475 bits per heavy atom. The quantitative estimate of drug-likeness (QED) is 0.142. The number of aromatic nitrogens is 1. The van der Waals surface area contributed by atoms with Crippen LogP contribution in [-0.4, -0.2) is 4.57 Å². The summed E-state index contributed by atoms with van der Waals surface area (Å²) in [4.78, 5) is 2.41. The second kappa shape index (κ2) is 15.6. The zero-order valence-electron chi connectivity index (χ0n) is 33.6. The van der Waals surface area contributed by atoms with E-state index in [0.717, 1.165) is 30.0 Å². The number of fused-ring (bicyclic) bond motifs is 3. The van der Waals surface area contributed by atoms with E-state index in [9.17, 15) is 0 Å². The minimum atomic E-state index is 0.470. The Kier molecular flexibility index (Phi) is 9.60. The van der Waals surface area contributed by atoms with Crippen LogP contribution in [0.15, 0.2) is 206 Å². The molecule has 10 rings (SSSR count). The fourth-order valence-corrected chi connectivity index (χ4v) is 9.13. The maximum absolute atomic E-state index is 2.49. The van der Waals surface area contributed by atoms with Crippen LogP contribution in [0.1, 0.15) is 37.4 Å². The van der Waals surface area contributed by atoms with Crippen molar-refractivity contribution >= 4 is 34.0 Å². The molecule has 0 spiro atoms. The minimum Gasteiger partial charge on any atom is -0.341 e. The molecule has 1 heterocycles. The Balaban J connectivity index is 1.07. The second-order valence-corrected chi connectivity index (χ2v) is 15.6. The van der Waals surface area contributed by atoms with Crippen LogP contribution in [-0.2, 0) is 6.54 Å². The molecule has 59 heavy (non-hydrogen) atoms. The van der Waals surface area contributed by atoms with Gasteiger partial charge in [-0.05, 0) is 123 Å². The standard InChI is InChI=1S/C57H46N2/c1-3-58-54-25-12-15-40(2)56(54)57-52(23-14-26-55(57)58)48-21-13-20-47(39-48)51-22-10-11-24-53(51)59(49-35-31-45(32-36-49)42-18-8-5-9-19-42)50-37-33-46(34-38-50)44-29-27-43(28-30-44)41-16-6-4-7-17-41/h4-14,16-40H,3,15H2,1-2H3. The predicted molar refractivity (Wildman–Crippen MR) is 252 cm³/mol. The fourth-order valence-electron chi connectivity index (χ4n) is 9.13.